The molecular formula is C12H14BrF. The molecule has 0 N–H and O–H groups in total. The van der Waals surface area contributed by atoms with Crippen LogP contribution in [0.1, 0.15) is 26.3 Å². The molecule has 0 heterocycles. The fourth-order valence-electron chi connectivity index (χ4n) is 2.29. The zero-order valence-corrected chi connectivity index (χ0v) is 10.2. The van der Waals surface area contributed by atoms with Crippen molar-refractivity contribution in [1.29, 1.82) is 0 Å². The molecule has 0 radical (unpaired) electrons. The van der Waals surface area contributed by atoms with Gasteiger partial charge in [-0.1, -0.05) is 51.1 Å². The Morgan fingerprint density at radius 1 is 1.07 bits per heavy atom. The molecule has 0 saturated heterocycles. The highest BCUT2D eigenvalue weighted by Gasteiger charge is 2.81. The van der Waals surface area contributed by atoms with Crippen molar-refractivity contribution in [1.82, 2.24) is 0 Å². The first-order valence-corrected chi connectivity index (χ1v) is 5.58. The highest BCUT2D eigenvalue weighted by atomic mass is 79.9. The quantitative estimate of drug-likeness (QED) is 0.666. The van der Waals surface area contributed by atoms with E-state index in [1.54, 1.807) is 0 Å². The minimum atomic E-state index is -1.28. The van der Waals surface area contributed by atoms with Crippen LogP contribution in [-0.4, -0.2) is 4.58 Å². The standard InChI is InChI=1S/C12H14BrF/c1-10(2)11(3,12(10,13)14)9-7-5-4-6-8-9/h4-8H,1-3H3. The van der Waals surface area contributed by atoms with Crippen molar-refractivity contribution in [3.63, 3.8) is 0 Å². The van der Waals surface area contributed by atoms with Gasteiger partial charge in [0.15, 0.2) is 4.58 Å². The Labute approximate surface area is 92.6 Å². The number of benzene rings is 1. The lowest BCUT2D eigenvalue weighted by molar-refractivity contribution is 0.363. The molecule has 1 saturated carbocycles. The zero-order chi connectivity index (χ0) is 10.6. The minimum Gasteiger partial charge on any atom is -0.230 e. The third-order valence-corrected chi connectivity index (χ3v) is 5.74. The molecule has 1 aliphatic rings. The van der Waals surface area contributed by atoms with Crippen molar-refractivity contribution in [2.75, 3.05) is 0 Å². The topological polar surface area (TPSA) is 0 Å². The van der Waals surface area contributed by atoms with Crippen LogP contribution >= 0.6 is 15.9 Å². The van der Waals surface area contributed by atoms with Gasteiger partial charge in [0, 0.05) is 10.8 Å². The monoisotopic (exact) mass is 256 g/mol. The average Bonchev–Trinajstić information content (AvgIpc) is 2.47. The van der Waals surface area contributed by atoms with E-state index in [-0.39, 0.29) is 5.41 Å². The van der Waals surface area contributed by atoms with Crippen LogP contribution in [0.5, 0.6) is 0 Å². The van der Waals surface area contributed by atoms with Crippen molar-refractivity contribution < 1.29 is 4.39 Å². The summed E-state index contributed by atoms with van der Waals surface area (Å²) < 4.78 is 12.9. The molecule has 0 amide bonds. The van der Waals surface area contributed by atoms with Gasteiger partial charge < -0.3 is 0 Å². The first-order valence-electron chi connectivity index (χ1n) is 4.79. The smallest absolute Gasteiger partial charge is 0.181 e. The third kappa shape index (κ3) is 0.881. The molecule has 2 unspecified atom stereocenters. The molecule has 14 heavy (non-hydrogen) atoms. The Bertz CT molecular complexity index is 340. The molecule has 1 aromatic carbocycles. The van der Waals surface area contributed by atoms with Crippen molar-refractivity contribution >= 4 is 15.9 Å². The van der Waals surface area contributed by atoms with E-state index >= 15 is 0 Å². The summed E-state index contributed by atoms with van der Waals surface area (Å²) in [5, 5.41) is 0. The summed E-state index contributed by atoms with van der Waals surface area (Å²) in [7, 11) is 0. The van der Waals surface area contributed by atoms with Crippen LogP contribution in [0.4, 0.5) is 4.39 Å². The fraction of sp³-hybridized carbons (Fsp3) is 0.500. The number of halogens is 2. The van der Waals surface area contributed by atoms with Crippen LogP contribution in [0.15, 0.2) is 30.3 Å². The molecule has 1 aromatic rings. The molecule has 1 aliphatic carbocycles. The van der Waals surface area contributed by atoms with Crippen LogP contribution in [0.25, 0.3) is 0 Å². The summed E-state index contributed by atoms with van der Waals surface area (Å²) in [5.41, 5.74) is 0.298. The average molecular weight is 257 g/mol. The van der Waals surface area contributed by atoms with Crippen molar-refractivity contribution in [2.24, 2.45) is 5.41 Å². The van der Waals surface area contributed by atoms with E-state index < -0.39 is 9.99 Å². The van der Waals surface area contributed by atoms with Crippen molar-refractivity contribution in [3.05, 3.63) is 35.9 Å². The van der Waals surface area contributed by atoms with Gasteiger partial charge in [-0.3, -0.25) is 0 Å². The van der Waals surface area contributed by atoms with Gasteiger partial charge >= 0.3 is 0 Å². The SMILES string of the molecule is CC1(C)C(F)(Br)C1(C)c1ccccc1. The largest absolute Gasteiger partial charge is 0.230 e. The molecule has 0 aromatic heterocycles. The van der Waals surface area contributed by atoms with Gasteiger partial charge in [0.1, 0.15) is 0 Å². The molecule has 0 nitrogen and oxygen atoms in total. The van der Waals surface area contributed by atoms with E-state index in [2.05, 4.69) is 15.9 Å². The van der Waals surface area contributed by atoms with E-state index in [4.69, 9.17) is 0 Å². The Morgan fingerprint density at radius 2 is 1.50 bits per heavy atom. The molecular weight excluding hydrogens is 243 g/mol. The third-order valence-electron chi connectivity index (χ3n) is 3.95. The molecule has 1 fully saturated rings. The highest BCUT2D eigenvalue weighted by Crippen LogP contribution is 2.77. The maximum atomic E-state index is 14.2. The van der Waals surface area contributed by atoms with Gasteiger partial charge in [0.25, 0.3) is 0 Å². The summed E-state index contributed by atoms with van der Waals surface area (Å²) in [6.45, 7) is 5.88. The van der Waals surface area contributed by atoms with E-state index in [1.807, 2.05) is 51.1 Å². The molecule has 0 bridgehead atoms. The van der Waals surface area contributed by atoms with E-state index in [1.165, 1.54) is 0 Å². The van der Waals surface area contributed by atoms with Crippen LogP contribution < -0.4 is 0 Å². The normalized spacial score (nSPS) is 39.5. The van der Waals surface area contributed by atoms with E-state index in [9.17, 15) is 4.39 Å². The Morgan fingerprint density at radius 3 is 1.86 bits per heavy atom. The number of rotatable bonds is 1. The first kappa shape index (κ1) is 10.2. The highest BCUT2D eigenvalue weighted by molar-refractivity contribution is 9.10. The molecule has 2 heteroatoms. The zero-order valence-electron chi connectivity index (χ0n) is 8.64. The van der Waals surface area contributed by atoms with Gasteiger partial charge in [0.2, 0.25) is 0 Å². The summed E-state index contributed by atoms with van der Waals surface area (Å²) in [5.74, 6) is 0. The number of hydrogen-bond donors (Lipinski definition) is 0. The predicted molar refractivity (Wildman–Crippen MR) is 60.3 cm³/mol. The minimum absolute atomic E-state index is 0.346. The van der Waals surface area contributed by atoms with Gasteiger partial charge in [0.05, 0.1) is 0 Å². The summed E-state index contributed by atoms with van der Waals surface area (Å²) in [6, 6.07) is 9.85. The maximum Gasteiger partial charge on any atom is 0.181 e. The summed E-state index contributed by atoms with van der Waals surface area (Å²) in [4.78, 5) is 0. The lowest BCUT2D eigenvalue weighted by atomic mass is 9.90. The van der Waals surface area contributed by atoms with Gasteiger partial charge in [-0.15, -0.1) is 0 Å². The second-order valence-corrected chi connectivity index (χ2v) is 5.78. The fourth-order valence-corrected chi connectivity index (χ4v) is 3.31. The van der Waals surface area contributed by atoms with Crippen LogP contribution in [0.2, 0.25) is 0 Å². The molecule has 0 spiro atoms. The molecule has 76 valence electrons. The van der Waals surface area contributed by atoms with Crippen LogP contribution in [0, 0.1) is 5.41 Å². The maximum absolute atomic E-state index is 14.2. The second kappa shape index (κ2) is 2.60. The summed E-state index contributed by atoms with van der Waals surface area (Å²) >= 11 is 3.20. The Balaban J connectivity index is 2.48. The molecule has 0 aliphatic heterocycles. The first-order chi connectivity index (χ1) is 6.36. The Kier molecular flexibility index (Phi) is 1.89. The van der Waals surface area contributed by atoms with Crippen LogP contribution in [0.3, 0.4) is 0 Å². The lowest BCUT2D eigenvalue weighted by Crippen LogP contribution is -2.11. The summed E-state index contributed by atoms with van der Waals surface area (Å²) in [6.07, 6.45) is 0. The number of alkyl halides is 2. The van der Waals surface area contributed by atoms with Gasteiger partial charge in [-0.05, 0) is 21.5 Å². The molecule has 2 atom stereocenters. The van der Waals surface area contributed by atoms with E-state index in [0.29, 0.717) is 0 Å². The van der Waals surface area contributed by atoms with E-state index in [0.717, 1.165) is 5.56 Å². The predicted octanol–water partition coefficient (Wildman–Crippen LogP) is 4.04. The van der Waals surface area contributed by atoms with Crippen molar-refractivity contribution in [3.8, 4) is 0 Å². The lowest BCUT2D eigenvalue weighted by Gasteiger charge is -2.13. The molecule has 2 rings (SSSR count). The van der Waals surface area contributed by atoms with Gasteiger partial charge in [-0.25, -0.2) is 4.39 Å². The van der Waals surface area contributed by atoms with Crippen molar-refractivity contribution in [2.45, 2.75) is 30.8 Å². The van der Waals surface area contributed by atoms with Crippen LogP contribution in [-0.2, 0) is 5.41 Å². The second-order valence-electron chi connectivity index (χ2n) is 4.69. The Hall–Kier alpha value is -0.370. The van der Waals surface area contributed by atoms with Gasteiger partial charge in [-0.2, -0.15) is 0 Å². The number of hydrogen-bond acceptors (Lipinski definition) is 0.